The van der Waals surface area contributed by atoms with Gasteiger partial charge in [-0.15, -0.1) is 0 Å². The lowest BCUT2D eigenvalue weighted by molar-refractivity contribution is 0.105. The number of aliphatic hydroxyl groups excluding tert-OH is 1. The van der Waals surface area contributed by atoms with Crippen molar-refractivity contribution in [3.8, 4) is 0 Å². The topological polar surface area (TPSA) is 41.5 Å². The van der Waals surface area contributed by atoms with Gasteiger partial charge >= 0.3 is 0 Å². The Morgan fingerprint density at radius 2 is 1.35 bits per heavy atom. The van der Waals surface area contributed by atoms with Crippen molar-refractivity contribution in [2.45, 2.75) is 76.3 Å². The molecule has 0 unspecified atom stereocenters. The third kappa shape index (κ3) is 5.52. The summed E-state index contributed by atoms with van der Waals surface area (Å²) in [4.78, 5) is 0. The minimum atomic E-state index is -2.65. The Balaban J connectivity index is 1.73. The van der Waals surface area contributed by atoms with Gasteiger partial charge in [0.1, 0.15) is 0 Å². The standard InChI is InChI=1S/C30H39NO2Si/c1-30(2,3)34(26-17-9-5-10-18-26,27-19-11-6-12-20-27)33-29-21-13-16-25(32)22-28(29)31-23-24-14-7-4-8-15-24/h4-12,14-15,17-20,25,28-29,31-32H,13,16,21-23H2,1-3H3/t25-,28-,29+/m1/s1. The molecule has 0 saturated heterocycles. The van der Waals surface area contributed by atoms with Crippen LogP contribution in [0.5, 0.6) is 0 Å². The summed E-state index contributed by atoms with van der Waals surface area (Å²) in [7, 11) is -2.65. The Labute approximate surface area is 206 Å². The minimum Gasteiger partial charge on any atom is -0.403 e. The number of hydrogen-bond donors (Lipinski definition) is 2. The molecule has 0 radical (unpaired) electrons. The maximum Gasteiger partial charge on any atom is 0.261 e. The molecule has 0 heterocycles. The first kappa shape index (κ1) is 24.9. The van der Waals surface area contributed by atoms with E-state index in [4.69, 9.17) is 4.43 Å². The molecule has 3 atom stereocenters. The van der Waals surface area contributed by atoms with Gasteiger partial charge in [0, 0.05) is 12.6 Å². The zero-order valence-corrected chi connectivity index (χ0v) is 21.8. The van der Waals surface area contributed by atoms with Gasteiger partial charge < -0.3 is 14.8 Å². The van der Waals surface area contributed by atoms with Crippen LogP contribution in [-0.4, -0.2) is 31.7 Å². The highest BCUT2D eigenvalue weighted by Crippen LogP contribution is 2.39. The van der Waals surface area contributed by atoms with Crippen LogP contribution in [0.15, 0.2) is 91.0 Å². The molecule has 1 fully saturated rings. The van der Waals surface area contributed by atoms with Gasteiger partial charge in [-0.2, -0.15) is 0 Å². The first-order chi connectivity index (χ1) is 16.4. The molecular formula is C30H39NO2Si. The number of aliphatic hydroxyl groups is 1. The number of rotatable bonds is 7. The van der Waals surface area contributed by atoms with Crippen LogP contribution in [0.4, 0.5) is 0 Å². The Morgan fingerprint density at radius 1 is 0.824 bits per heavy atom. The van der Waals surface area contributed by atoms with E-state index < -0.39 is 8.32 Å². The first-order valence-electron chi connectivity index (χ1n) is 12.6. The predicted octanol–water partition coefficient (Wildman–Crippen LogP) is 5.02. The van der Waals surface area contributed by atoms with Gasteiger partial charge in [0.2, 0.25) is 0 Å². The highest BCUT2D eigenvalue weighted by Gasteiger charge is 2.52. The van der Waals surface area contributed by atoms with Gasteiger partial charge in [0.15, 0.2) is 0 Å². The van der Waals surface area contributed by atoms with Crippen molar-refractivity contribution in [2.24, 2.45) is 0 Å². The summed E-state index contributed by atoms with van der Waals surface area (Å²) >= 11 is 0. The largest absolute Gasteiger partial charge is 0.403 e. The molecule has 0 spiro atoms. The lowest BCUT2D eigenvalue weighted by Crippen LogP contribution is -2.69. The number of hydrogen-bond acceptors (Lipinski definition) is 3. The minimum absolute atomic E-state index is 0.0344. The lowest BCUT2D eigenvalue weighted by atomic mass is 10.0. The van der Waals surface area contributed by atoms with Crippen molar-refractivity contribution in [1.82, 2.24) is 5.32 Å². The Kier molecular flexibility index (Phi) is 8.05. The zero-order chi connectivity index (χ0) is 24.0. The van der Waals surface area contributed by atoms with Crippen molar-refractivity contribution in [2.75, 3.05) is 0 Å². The fourth-order valence-electron chi connectivity index (χ4n) is 5.44. The summed E-state index contributed by atoms with van der Waals surface area (Å²) in [6.45, 7) is 7.77. The Bertz CT molecular complexity index is 965. The van der Waals surface area contributed by atoms with Crippen molar-refractivity contribution in [1.29, 1.82) is 0 Å². The first-order valence-corrected chi connectivity index (χ1v) is 14.6. The van der Waals surface area contributed by atoms with E-state index in [1.165, 1.54) is 15.9 Å². The van der Waals surface area contributed by atoms with Crippen molar-refractivity contribution < 1.29 is 9.53 Å². The van der Waals surface area contributed by atoms with Crippen LogP contribution >= 0.6 is 0 Å². The summed E-state index contributed by atoms with van der Waals surface area (Å²) in [5.74, 6) is 0. The summed E-state index contributed by atoms with van der Waals surface area (Å²) in [6.07, 6.45) is 3.23. The summed E-state index contributed by atoms with van der Waals surface area (Å²) in [6, 6.07) is 32.3. The van der Waals surface area contributed by atoms with E-state index in [1.54, 1.807) is 0 Å². The molecule has 1 aliphatic rings. The van der Waals surface area contributed by atoms with Crippen molar-refractivity contribution in [3.63, 3.8) is 0 Å². The highest BCUT2D eigenvalue weighted by molar-refractivity contribution is 6.99. The third-order valence-corrected chi connectivity index (χ3v) is 12.2. The molecule has 3 aromatic rings. The molecule has 0 aromatic heterocycles. The van der Waals surface area contributed by atoms with Crippen LogP contribution in [-0.2, 0) is 11.0 Å². The molecule has 4 rings (SSSR count). The lowest BCUT2D eigenvalue weighted by Gasteiger charge is -2.46. The van der Waals surface area contributed by atoms with Crippen LogP contribution < -0.4 is 15.7 Å². The van der Waals surface area contributed by atoms with Crippen LogP contribution in [0.2, 0.25) is 5.04 Å². The third-order valence-electron chi connectivity index (χ3n) is 7.16. The van der Waals surface area contributed by atoms with Gasteiger partial charge in [0.05, 0.1) is 12.2 Å². The fraction of sp³-hybridized carbons (Fsp3) is 0.400. The van der Waals surface area contributed by atoms with E-state index in [9.17, 15) is 5.11 Å². The maximum absolute atomic E-state index is 10.7. The van der Waals surface area contributed by atoms with E-state index in [0.29, 0.717) is 0 Å². The van der Waals surface area contributed by atoms with Gasteiger partial charge in [-0.1, -0.05) is 112 Å². The Morgan fingerprint density at radius 3 is 1.88 bits per heavy atom. The van der Waals surface area contributed by atoms with Gasteiger partial charge in [-0.3, -0.25) is 0 Å². The second kappa shape index (κ2) is 11.0. The molecule has 34 heavy (non-hydrogen) atoms. The van der Waals surface area contributed by atoms with E-state index in [2.05, 4.69) is 111 Å². The number of nitrogens with one attached hydrogen (secondary N) is 1. The average molecular weight is 474 g/mol. The second-order valence-corrected chi connectivity index (χ2v) is 14.9. The van der Waals surface area contributed by atoms with Crippen molar-refractivity contribution in [3.05, 3.63) is 96.6 Å². The van der Waals surface area contributed by atoms with E-state index in [-0.39, 0.29) is 23.3 Å². The van der Waals surface area contributed by atoms with Crippen molar-refractivity contribution >= 4 is 18.7 Å². The van der Waals surface area contributed by atoms with E-state index in [0.717, 1.165) is 32.2 Å². The molecule has 0 bridgehead atoms. The maximum atomic E-state index is 10.7. The van der Waals surface area contributed by atoms with Crippen LogP contribution in [0.3, 0.4) is 0 Å². The second-order valence-electron chi connectivity index (χ2n) is 10.6. The summed E-state index contributed by atoms with van der Waals surface area (Å²) < 4.78 is 7.51. The smallest absolute Gasteiger partial charge is 0.261 e. The van der Waals surface area contributed by atoms with E-state index in [1.807, 2.05) is 6.07 Å². The van der Waals surface area contributed by atoms with Gasteiger partial charge in [-0.05, 0) is 46.7 Å². The zero-order valence-electron chi connectivity index (χ0n) is 20.8. The van der Waals surface area contributed by atoms with Gasteiger partial charge in [0.25, 0.3) is 8.32 Å². The Hall–Kier alpha value is -2.24. The van der Waals surface area contributed by atoms with Crippen LogP contribution in [0.25, 0.3) is 0 Å². The molecule has 4 heteroatoms. The summed E-state index contributed by atoms with van der Waals surface area (Å²) in [5, 5.41) is 17.0. The highest BCUT2D eigenvalue weighted by atomic mass is 28.4. The van der Waals surface area contributed by atoms with E-state index >= 15 is 0 Å². The molecule has 0 aliphatic heterocycles. The van der Waals surface area contributed by atoms with Crippen LogP contribution in [0.1, 0.15) is 52.0 Å². The SMILES string of the molecule is CC(C)(C)[Si](O[C@H]1CCC[C@@H](O)C[C@H]1NCc1ccccc1)(c1ccccc1)c1ccccc1. The van der Waals surface area contributed by atoms with Gasteiger partial charge in [-0.25, -0.2) is 0 Å². The normalized spacial score (nSPS) is 21.7. The molecule has 3 nitrogen and oxygen atoms in total. The monoisotopic (exact) mass is 473 g/mol. The predicted molar refractivity (Wildman–Crippen MR) is 144 cm³/mol. The molecule has 0 amide bonds. The molecule has 1 saturated carbocycles. The fourth-order valence-corrected chi connectivity index (χ4v) is 10.2. The number of benzene rings is 3. The molecule has 3 aromatic carbocycles. The molecule has 180 valence electrons. The summed E-state index contributed by atoms with van der Waals surface area (Å²) in [5.41, 5.74) is 1.26. The molecule has 1 aliphatic carbocycles. The molecule has 2 N–H and O–H groups in total. The van der Waals surface area contributed by atoms with Crippen LogP contribution in [0, 0.1) is 0 Å². The molecular weight excluding hydrogens is 434 g/mol. The average Bonchev–Trinajstić information content (AvgIpc) is 3.02. The quantitative estimate of drug-likeness (QED) is 0.374.